The monoisotopic (exact) mass is 361 g/mol. The van der Waals surface area contributed by atoms with Crippen molar-refractivity contribution in [3.05, 3.63) is 47.6 Å². The summed E-state index contributed by atoms with van der Waals surface area (Å²) in [7, 11) is 0. The lowest BCUT2D eigenvalue weighted by Crippen LogP contribution is -2.33. The summed E-state index contributed by atoms with van der Waals surface area (Å²) in [6, 6.07) is 10.2. The summed E-state index contributed by atoms with van der Waals surface area (Å²) in [4.78, 5) is 17.1. The maximum Gasteiger partial charge on any atom is 0.235 e. The number of amides is 1. The van der Waals surface area contributed by atoms with Gasteiger partial charge in [0.15, 0.2) is 0 Å². The molecule has 1 aromatic heterocycles. The Kier molecular flexibility index (Phi) is 3.50. The van der Waals surface area contributed by atoms with E-state index in [-0.39, 0.29) is 11.3 Å². The molecule has 0 radical (unpaired) electrons. The van der Waals surface area contributed by atoms with Gasteiger partial charge in [0.05, 0.1) is 11.5 Å². The Morgan fingerprint density at radius 1 is 1.26 bits per heavy atom. The van der Waals surface area contributed by atoms with Gasteiger partial charge < -0.3 is 11.1 Å². The van der Waals surface area contributed by atoms with Crippen LogP contribution in [0.15, 0.2) is 41.5 Å². The normalized spacial score (nSPS) is 20.7. The number of aromatic nitrogens is 1. The lowest BCUT2D eigenvalue weighted by Gasteiger charge is -2.20. The molecule has 2 aliphatic carbocycles. The van der Waals surface area contributed by atoms with E-state index >= 15 is 0 Å². The summed E-state index contributed by atoms with van der Waals surface area (Å²) >= 11 is 0. The molecule has 1 aromatic carbocycles. The van der Waals surface area contributed by atoms with Crippen molar-refractivity contribution in [2.24, 2.45) is 10.7 Å². The first kappa shape index (κ1) is 16.3. The molecule has 138 valence electrons. The van der Waals surface area contributed by atoms with Crippen LogP contribution < -0.4 is 16.5 Å². The second kappa shape index (κ2) is 5.81. The highest BCUT2D eigenvalue weighted by Crippen LogP contribution is 2.49. The molecule has 27 heavy (non-hydrogen) atoms. The third kappa shape index (κ3) is 2.51. The highest BCUT2D eigenvalue weighted by molar-refractivity contribution is 6.07. The molecular weight excluding hydrogens is 338 g/mol. The van der Waals surface area contributed by atoms with E-state index in [9.17, 15) is 4.79 Å². The van der Waals surface area contributed by atoms with E-state index in [1.165, 1.54) is 0 Å². The van der Waals surface area contributed by atoms with Gasteiger partial charge in [0.2, 0.25) is 11.9 Å². The molecule has 6 heteroatoms. The summed E-state index contributed by atoms with van der Waals surface area (Å²) in [5, 5.41) is 11.7. The van der Waals surface area contributed by atoms with Gasteiger partial charge in [0, 0.05) is 17.4 Å². The van der Waals surface area contributed by atoms with Crippen molar-refractivity contribution >= 4 is 17.6 Å². The fraction of sp³-hybridized carbons (Fsp3) is 0.381. The zero-order chi connectivity index (χ0) is 18.6. The quantitative estimate of drug-likeness (QED) is 0.566. The Morgan fingerprint density at radius 2 is 2.04 bits per heavy atom. The minimum atomic E-state index is -0.338. The largest absolute Gasteiger partial charge is 0.369 e. The van der Waals surface area contributed by atoms with Crippen LogP contribution in [0.25, 0.3) is 11.1 Å². The van der Waals surface area contributed by atoms with Crippen LogP contribution in [0.4, 0.5) is 5.69 Å². The second-order valence-electron chi connectivity index (χ2n) is 7.86. The van der Waals surface area contributed by atoms with Crippen LogP contribution >= 0.6 is 0 Å². The number of aliphatic imine (C=N–C) groups is 1. The van der Waals surface area contributed by atoms with Crippen molar-refractivity contribution < 1.29 is 4.79 Å². The van der Waals surface area contributed by atoms with Crippen molar-refractivity contribution in [1.29, 1.82) is 5.41 Å². The van der Waals surface area contributed by atoms with Gasteiger partial charge >= 0.3 is 0 Å². The van der Waals surface area contributed by atoms with Crippen molar-refractivity contribution in [2.75, 3.05) is 5.32 Å². The van der Waals surface area contributed by atoms with E-state index in [1.807, 2.05) is 24.3 Å². The summed E-state index contributed by atoms with van der Waals surface area (Å²) in [6.07, 6.45) is 7.97. The highest BCUT2D eigenvalue weighted by atomic mass is 16.2. The van der Waals surface area contributed by atoms with Gasteiger partial charge in [-0.3, -0.25) is 14.8 Å². The van der Waals surface area contributed by atoms with Gasteiger partial charge in [-0.2, -0.15) is 0 Å². The first-order valence-electron chi connectivity index (χ1n) is 9.65. The number of nitrogens with two attached hydrogens (primary N) is 1. The van der Waals surface area contributed by atoms with E-state index < -0.39 is 0 Å². The number of anilines is 1. The molecule has 6 nitrogen and oxygen atoms in total. The molecular formula is C21H23N5O. The summed E-state index contributed by atoms with van der Waals surface area (Å²) in [6.45, 7) is 0. The number of carbonyl (C=O) groups excluding carboxylic acids is 1. The number of nitrogens with zero attached hydrogens (tertiary/aromatic N) is 2. The van der Waals surface area contributed by atoms with Crippen molar-refractivity contribution in [3.8, 4) is 11.1 Å². The van der Waals surface area contributed by atoms with Crippen LogP contribution in [0.5, 0.6) is 0 Å². The summed E-state index contributed by atoms with van der Waals surface area (Å²) in [5.74, 6) is 0.492. The van der Waals surface area contributed by atoms with Crippen LogP contribution in [0.2, 0.25) is 0 Å². The Hall–Kier alpha value is -2.89. The standard InChI is InChI=1S/C21H23N5O/c22-18-15(4-3-11-26(18)20(23)24-14-6-7-14)13-5-8-16-17(12-13)25-19(27)21(16)9-1-2-10-21/h3-5,8,11-12,14,22H,1-2,6-7,9-10H2,(H2,23,24)(H,25,27). The van der Waals surface area contributed by atoms with Gasteiger partial charge in [-0.25, -0.2) is 4.99 Å². The van der Waals surface area contributed by atoms with Crippen LogP contribution in [0, 0.1) is 5.41 Å². The molecule has 2 fully saturated rings. The molecule has 0 bridgehead atoms. The van der Waals surface area contributed by atoms with Crippen molar-refractivity contribution in [1.82, 2.24) is 4.57 Å². The number of pyridine rings is 1. The molecule has 2 aromatic rings. The van der Waals surface area contributed by atoms with E-state index in [2.05, 4.69) is 16.4 Å². The first-order valence-corrected chi connectivity index (χ1v) is 9.65. The zero-order valence-corrected chi connectivity index (χ0v) is 15.2. The number of rotatable bonds is 2. The minimum Gasteiger partial charge on any atom is -0.369 e. The van der Waals surface area contributed by atoms with Crippen LogP contribution in [-0.4, -0.2) is 22.5 Å². The molecule has 1 spiro atoms. The van der Waals surface area contributed by atoms with Gasteiger partial charge in [-0.15, -0.1) is 0 Å². The van der Waals surface area contributed by atoms with E-state index in [4.69, 9.17) is 11.1 Å². The Labute approximate surface area is 157 Å². The first-order chi connectivity index (χ1) is 13.1. The molecule has 5 rings (SSSR count). The summed E-state index contributed by atoms with van der Waals surface area (Å²) < 4.78 is 1.62. The smallest absolute Gasteiger partial charge is 0.235 e. The predicted molar refractivity (Wildman–Crippen MR) is 105 cm³/mol. The van der Waals surface area contributed by atoms with Gasteiger partial charge in [-0.1, -0.05) is 25.0 Å². The number of benzene rings is 1. The molecule has 2 saturated carbocycles. The molecule has 0 saturated heterocycles. The van der Waals surface area contributed by atoms with Gasteiger partial charge in [0.25, 0.3) is 0 Å². The molecule has 0 unspecified atom stereocenters. The summed E-state index contributed by atoms with van der Waals surface area (Å²) in [5.41, 5.74) is 9.75. The maximum absolute atomic E-state index is 12.6. The van der Waals surface area contributed by atoms with Gasteiger partial charge in [0.1, 0.15) is 5.49 Å². The average Bonchev–Trinajstić information content (AvgIpc) is 3.25. The fourth-order valence-corrected chi connectivity index (χ4v) is 4.46. The van der Waals surface area contributed by atoms with E-state index in [0.717, 1.165) is 60.9 Å². The van der Waals surface area contributed by atoms with Crippen LogP contribution in [0.3, 0.4) is 0 Å². The third-order valence-corrected chi connectivity index (χ3v) is 6.09. The SMILES string of the molecule is N=c1c(-c2ccc3c(c2)NC(=O)C32CCCC2)cccn1C(N)=NC1CC1. The number of fused-ring (bicyclic) bond motifs is 2. The minimum absolute atomic E-state index is 0.127. The Bertz CT molecular complexity index is 1030. The van der Waals surface area contributed by atoms with Gasteiger partial charge in [-0.05, 0) is 55.0 Å². The molecule has 3 aliphatic rings. The van der Waals surface area contributed by atoms with E-state index in [1.54, 1.807) is 10.8 Å². The second-order valence-corrected chi connectivity index (χ2v) is 7.86. The number of nitrogens with one attached hydrogen (secondary N) is 2. The van der Waals surface area contributed by atoms with Crippen molar-refractivity contribution in [3.63, 3.8) is 0 Å². The van der Waals surface area contributed by atoms with E-state index in [0.29, 0.717) is 17.5 Å². The lowest BCUT2D eigenvalue weighted by molar-refractivity contribution is -0.120. The molecule has 2 heterocycles. The number of hydrogen-bond donors (Lipinski definition) is 3. The number of carbonyl (C=O) groups is 1. The lowest BCUT2D eigenvalue weighted by atomic mass is 9.80. The number of hydrogen-bond acceptors (Lipinski definition) is 3. The Balaban J connectivity index is 1.56. The topological polar surface area (TPSA) is 96.3 Å². The third-order valence-electron chi connectivity index (χ3n) is 6.09. The predicted octanol–water partition coefficient (Wildman–Crippen LogP) is 2.72. The fourth-order valence-electron chi connectivity index (χ4n) is 4.46. The van der Waals surface area contributed by atoms with Crippen molar-refractivity contribution in [2.45, 2.75) is 50.0 Å². The molecule has 1 amide bonds. The van der Waals surface area contributed by atoms with Crippen LogP contribution in [0.1, 0.15) is 44.1 Å². The molecule has 0 atom stereocenters. The Morgan fingerprint density at radius 3 is 2.78 bits per heavy atom. The highest BCUT2D eigenvalue weighted by Gasteiger charge is 2.48. The average molecular weight is 361 g/mol. The van der Waals surface area contributed by atoms with Crippen LogP contribution in [-0.2, 0) is 10.2 Å². The zero-order valence-electron chi connectivity index (χ0n) is 15.2. The maximum atomic E-state index is 12.6. The molecule has 1 aliphatic heterocycles. The molecule has 4 N–H and O–H groups in total.